The fraction of sp³-hybridized carbons (Fsp3) is 0. The smallest absolute Gasteiger partial charge is 0.255 e. The van der Waals surface area contributed by atoms with Gasteiger partial charge in [0.2, 0.25) is 5.91 Å². The highest BCUT2D eigenvalue weighted by Gasteiger charge is 2.13. The first-order chi connectivity index (χ1) is 9.86. The molecule has 0 saturated heterocycles. The van der Waals surface area contributed by atoms with Crippen molar-refractivity contribution in [3.8, 4) is 0 Å². The third kappa shape index (κ3) is 3.68. The van der Waals surface area contributed by atoms with Crippen LogP contribution >= 0.6 is 23.2 Å². The van der Waals surface area contributed by atoms with Gasteiger partial charge in [0.25, 0.3) is 5.91 Å². The third-order valence-corrected chi connectivity index (χ3v) is 2.91. The monoisotopic (exact) mass is 327 g/mol. The standard InChI is InChI=1S/C13H8Cl2FN3O2/c14-10-4-7(5-11(15)19-10)13(21)18-9-3-6(12(17)20)1-2-8(9)16/h1-5H,(H2,17,20)(H,18,21). The summed E-state index contributed by atoms with van der Waals surface area (Å²) in [6.45, 7) is 0. The van der Waals surface area contributed by atoms with Crippen molar-refractivity contribution in [2.24, 2.45) is 5.73 Å². The van der Waals surface area contributed by atoms with Crippen molar-refractivity contribution < 1.29 is 14.0 Å². The fourth-order valence-corrected chi connectivity index (χ4v) is 2.03. The Kier molecular flexibility index (Phi) is 4.40. The Labute approximate surface area is 128 Å². The molecule has 0 aliphatic heterocycles. The quantitative estimate of drug-likeness (QED) is 0.850. The molecule has 0 saturated carbocycles. The number of pyridine rings is 1. The number of nitrogens with two attached hydrogens (primary N) is 1. The van der Waals surface area contributed by atoms with Crippen LogP contribution in [0.3, 0.4) is 0 Å². The van der Waals surface area contributed by atoms with Crippen molar-refractivity contribution in [3.63, 3.8) is 0 Å². The van der Waals surface area contributed by atoms with E-state index >= 15 is 0 Å². The first-order valence-electron chi connectivity index (χ1n) is 5.60. The SMILES string of the molecule is NC(=O)c1ccc(F)c(NC(=O)c2cc(Cl)nc(Cl)c2)c1. The van der Waals surface area contributed by atoms with Gasteiger partial charge in [-0.2, -0.15) is 0 Å². The number of benzene rings is 1. The van der Waals surface area contributed by atoms with E-state index in [9.17, 15) is 14.0 Å². The summed E-state index contributed by atoms with van der Waals surface area (Å²) in [5.41, 5.74) is 5.08. The Morgan fingerprint density at radius 3 is 2.29 bits per heavy atom. The fourth-order valence-electron chi connectivity index (χ4n) is 1.56. The molecule has 0 fully saturated rings. The Morgan fingerprint density at radius 1 is 1.10 bits per heavy atom. The minimum absolute atomic E-state index is 0.0269. The molecule has 0 aliphatic rings. The maximum atomic E-state index is 13.6. The molecule has 0 spiro atoms. The number of nitrogens with zero attached hydrogens (tertiary/aromatic N) is 1. The van der Waals surface area contributed by atoms with E-state index in [0.29, 0.717) is 0 Å². The number of halogens is 3. The lowest BCUT2D eigenvalue weighted by molar-refractivity contribution is 0.0996. The highest BCUT2D eigenvalue weighted by molar-refractivity contribution is 6.33. The zero-order valence-corrected chi connectivity index (χ0v) is 11.9. The zero-order chi connectivity index (χ0) is 15.6. The molecule has 2 aromatic rings. The van der Waals surface area contributed by atoms with Crippen LogP contribution in [-0.4, -0.2) is 16.8 Å². The van der Waals surface area contributed by atoms with Gasteiger partial charge in [0.1, 0.15) is 16.1 Å². The molecule has 1 aromatic heterocycles. The van der Waals surface area contributed by atoms with E-state index in [4.69, 9.17) is 28.9 Å². The number of primary amides is 1. The van der Waals surface area contributed by atoms with Crippen molar-refractivity contribution in [2.75, 3.05) is 5.32 Å². The topological polar surface area (TPSA) is 85.1 Å². The molecule has 0 bridgehead atoms. The number of hydrogen-bond acceptors (Lipinski definition) is 3. The highest BCUT2D eigenvalue weighted by Crippen LogP contribution is 2.19. The second kappa shape index (κ2) is 6.07. The lowest BCUT2D eigenvalue weighted by Gasteiger charge is -2.08. The summed E-state index contributed by atoms with van der Waals surface area (Å²) in [5, 5.41) is 2.36. The van der Waals surface area contributed by atoms with Crippen LogP contribution in [0, 0.1) is 5.82 Å². The summed E-state index contributed by atoms with van der Waals surface area (Å²) in [7, 11) is 0. The molecule has 1 heterocycles. The molecular formula is C13H8Cl2FN3O2. The molecule has 1 aromatic carbocycles. The van der Waals surface area contributed by atoms with Crippen LogP contribution in [0.1, 0.15) is 20.7 Å². The number of anilines is 1. The maximum absolute atomic E-state index is 13.6. The van der Waals surface area contributed by atoms with Crippen LogP contribution in [0.2, 0.25) is 10.3 Å². The van der Waals surface area contributed by atoms with E-state index in [-0.39, 0.29) is 27.1 Å². The molecule has 0 aliphatic carbocycles. The largest absolute Gasteiger partial charge is 0.366 e. The van der Waals surface area contributed by atoms with Crippen LogP contribution in [0.15, 0.2) is 30.3 Å². The first-order valence-corrected chi connectivity index (χ1v) is 6.36. The summed E-state index contributed by atoms with van der Waals surface area (Å²) >= 11 is 11.4. The van der Waals surface area contributed by atoms with Crippen molar-refractivity contribution in [1.29, 1.82) is 0 Å². The van der Waals surface area contributed by atoms with E-state index in [0.717, 1.165) is 12.1 Å². The predicted octanol–water partition coefficient (Wildman–Crippen LogP) is 2.88. The summed E-state index contributed by atoms with van der Waals surface area (Å²) in [5.74, 6) is -2.10. The number of hydrogen-bond donors (Lipinski definition) is 2. The van der Waals surface area contributed by atoms with Gasteiger partial charge in [-0.05, 0) is 30.3 Å². The maximum Gasteiger partial charge on any atom is 0.255 e. The van der Waals surface area contributed by atoms with Gasteiger partial charge in [-0.15, -0.1) is 0 Å². The van der Waals surface area contributed by atoms with E-state index in [1.807, 2.05) is 0 Å². The van der Waals surface area contributed by atoms with Crippen molar-refractivity contribution in [1.82, 2.24) is 4.98 Å². The van der Waals surface area contributed by atoms with Crippen molar-refractivity contribution in [3.05, 3.63) is 57.6 Å². The molecule has 0 radical (unpaired) electrons. The van der Waals surface area contributed by atoms with E-state index in [2.05, 4.69) is 10.3 Å². The van der Waals surface area contributed by atoms with Crippen LogP contribution in [0.4, 0.5) is 10.1 Å². The number of carbonyl (C=O) groups is 2. The lowest BCUT2D eigenvalue weighted by Crippen LogP contribution is -2.15. The predicted molar refractivity (Wildman–Crippen MR) is 77.1 cm³/mol. The molecule has 8 heteroatoms. The average Bonchev–Trinajstić information content (AvgIpc) is 2.39. The van der Waals surface area contributed by atoms with Crippen LogP contribution in [0.25, 0.3) is 0 Å². The molecule has 3 N–H and O–H groups in total. The van der Waals surface area contributed by atoms with Crippen molar-refractivity contribution >= 4 is 40.7 Å². The summed E-state index contributed by atoms with van der Waals surface area (Å²) in [4.78, 5) is 26.8. The van der Waals surface area contributed by atoms with Crippen LogP contribution in [0.5, 0.6) is 0 Å². The van der Waals surface area contributed by atoms with E-state index in [1.54, 1.807) is 0 Å². The Bertz CT molecular complexity index is 717. The van der Waals surface area contributed by atoms with Gasteiger partial charge < -0.3 is 11.1 Å². The lowest BCUT2D eigenvalue weighted by atomic mass is 10.1. The van der Waals surface area contributed by atoms with Crippen LogP contribution in [-0.2, 0) is 0 Å². The van der Waals surface area contributed by atoms with Gasteiger partial charge in [0.05, 0.1) is 5.69 Å². The highest BCUT2D eigenvalue weighted by atomic mass is 35.5. The second-order valence-corrected chi connectivity index (χ2v) is 4.79. The van der Waals surface area contributed by atoms with Gasteiger partial charge in [-0.25, -0.2) is 9.37 Å². The van der Waals surface area contributed by atoms with E-state index < -0.39 is 17.6 Å². The van der Waals surface area contributed by atoms with Gasteiger partial charge in [-0.3, -0.25) is 9.59 Å². The molecule has 0 atom stereocenters. The third-order valence-electron chi connectivity index (χ3n) is 2.52. The summed E-state index contributed by atoms with van der Waals surface area (Å²) in [6.07, 6.45) is 0. The number of amides is 2. The van der Waals surface area contributed by atoms with Crippen molar-refractivity contribution in [2.45, 2.75) is 0 Å². The zero-order valence-electron chi connectivity index (χ0n) is 10.4. The minimum atomic E-state index is -0.736. The van der Waals surface area contributed by atoms with Gasteiger partial charge >= 0.3 is 0 Å². The number of carbonyl (C=O) groups excluding carboxylic acids is 2. The average molecular weight is 328 g/mol. The number of rotatable bonds is 3. The Morgan fingerprint density at radius 2 is 1.71 bits per heavy atom. The molecule has 0 unspecified atom stereocenters. The Balaban J connectivity index is 2.31. The van der Waals surface area contributed by atoms with Crippen LogP contribution < -0.4 is 11.1 Å². The first kappa shape index (κ1) is 15.2. The molecule has 108 valence electrons. The molecule has 2 rings (SSSR count). The molecule has 2 amide bonds. The normalized spacial score (nSPS) is 10.2. The minimum Gasteiger partial charge on any atom is -0.366 e. The van der Waals surface area contributed by atoms with Gasteiger partial charge in [-0.1, -0.05) is 23.2 Å². The second-order valence-electron chi connectivity index (χ2n) is 4.01. The Hall–Kier alpha value is -2.18. The molecule has 21 heavy (non-hydrogen) atoms. The van der Waals surface area contributed by atoms with E-state index in [1.165, 1.54) is 18.2 Å². The molecular weight excluding hydrogens is 320 g/mol. The van der Waals surface area contributed by atoms with Gasteiger partial charge in [0, 0.05) is 11.1 Å². The summed E-state index contributed by atoms with van der Waals surface area (Å²) < 4.78 is 13.6. The van der Waals surface area contributed by atoms with Gasteiger partial charge in [0.15, 0.2) is 0 Å². The number of aromatic nitrogens is 1. The molecule has 5 nitrogen and oxygen atoms in total. The number of nitrogens with one attached hydrogen (secondary N) is 1. The summed E-state index contributed by atoms with van der Waals surface area (Å²) in [6, 6.07) is 5.94.